The zero-order valence-corrected chi connectivity index (χ0v) is 10.2. The molecule has 1 unspecified atom stereocenters. The third-order valence-corrected chi connectivity index (χ3v) is 3.72. The number of nitrogens with one attached hydrogen (secondary N) is 1. The minimum absolute atomic E-state index is 0.474. The highest BCUT2D eigenvalue weighted by Crippen LogP contribution is 2.31. The smallest absolute Gasteiger partial charge is 0.0486 e. The first kappa shape index (κ1) is 9.91. The Morgan fingerprint density at radius 3 is 2.94 bits per heavy atom. The Bertz CT molecular complexity index is 551. The van der Waals surface area contributed by atoms with Gasteiger partial charge in [0.05, 0.1) is 0 Å². The molecule has 1 aromatic carbocycles. The number of aryl methyl sites for hydroxylation is 2. The van der Waals surface area contributed by atoms with Gasteiger partial charge in [0.25, 0.3) is 0 Å². The summed E-state index contributed by atoms with van der Waals surface area (Å²) in [5.41, 5.74) is 5.65. The van der Waals surface area contributed by atoms with Gasteiger partial charge in [0.1, 0.15) is 0 Å². The molecule has 2 heteroatoms. The van der Waals surface area contributed by atoms with Crippen LogP contribution in [0.15, 0.2) is 18.2 Å². The predicted octanol–water partition coefficient (Wildman–Crippen LogP) is 2.92. The third-order valence-electron chi connectivity index (χ3n) is 3.72. The zero-order valence-electron chi connectivity index (χ0n) is 10.2. The summed E-state index contributed by atoms with van der Waals surface area (Å²) in [6.07, 6.45) is 0. The second kappa shape index (κ2) is 3.36. The van der Waals surface area contributed by atoms with Gasteiger partial charge < -0.3 is 9.88 Å². The number of hydrogen-bond acceptors (Lipinski definition) is 1. The van der Waals surface area contributed by atoms with E-state index >= 15 is 0 Å². The fourth-order valence-corrected chi connectivity index (χ4v) is 2.94. The van der Waals surface area contributed by atoms with Crippen LogP contribution >= 0.6 is 0 Å². The molecule has 1 N–H and O–H groups in total. The summed E-state index contributed by atoms with van der Waals surface area (Å²) in [6, 6.07) is 7.25. The van der Waals surface area contributed by atoms with Crippen molar-refractivity contribution in [2.24, 2.45) is 0 Å². The van der Waals surface area contributed by atoms with E-state index in [1.54, 1.807) is 0 Å². The SMILES string of the molecule is Cc1ccc2c(c1)c(C)c1n2CCNC1C. The van der Waals surface area contributed by atoms with Gasteiger partial charge in [-0.15, -0.1) is 0 Å². The average Bonchev–Trinajstić information content (AvgIpc) is 2.54. The maximum absolute atomic E-state index is 3.53. The fourth-order valence-electron chi connectivity index (χ4n) is 2.94. The van der Waals surface area contributed by atoms with Crippen LogP contribution in [0.1, 0.15) is 29.8 Å². The van der Waals surface area contributed by atoms with Crippen molar-refractivity contribution in [1.82, 2.24) is 9.88 Å². The number of benzene rings is 1. The molecule has 3 rings (SSSR count). The summed E-state index contributed by atoms with van der Waals surface area (Å²) in [5.74, 6) is 0. The molecular weight excluding hydrogens is 196 g/mol. The maximum Gasteiger partial charge on any atom is 0.0486 e. The van der Waals surface area contributed by atoms with Gasteiger partial charge in [-0.1, -0.05) is 11.6 Å². The summed E-state index contributed by atoms with van der Waals surface area (Å²) in [5, 5.41) is 4.96. The van der Waals surface area contributed by atoms with Gasteiger partial charge in [0, 0.05) is 35.7 Å². The van der Waals surface area contributed by atoms with E-state index in [1.165, 1.54) is 27.7 Å². The molecule has 84 valence electrons. The Morgan fingerprint density at radius 1 is 1.31 bits per heavy atom. The normalized spacial score (nSPS) is 20.1. The summed E-state index contributed by atoms with van der Waals surface area (Å²) in [6.45, 7) is 8.83. The number of rotatable bonds is 0. The monoisotopic (exact) mass is 214 g/mol. The van der Waals surface area contributed by atoms with Gasteiger partial charge in [0.15, 0.2) is 0 Å². The van der Waals surface area contributed by atoms with Crippen LogP contribution in [0.2, 0.25) is 0 Å². The molecule has 0 radical (unpaired) electrons. The first-order valence-corrected chi connectivity index (χ1v) is 6.01. The molecular formula is C14H18N2. The zero-order chi connectivity index (χ0) is 11.3. The summed E-state index contributed by atoms with van der Waals surface area (Å²) in [4.78, 5) is 0. The van der Waals surface area contributed by atoms with Gasteiger partial charge >= 0.3 is 0 Å². The number of aromatic nitrogens is 1. The molecule has 0 spiro atoms. The lowest BCUT2D eigenvalue weighted by molar-refractivity contribution is 0.453. The lowest BCUT2D eigenvalue weighted by Crippen LogP contribution is -2.31. The van der Waals surface area contributed by atoms with Gasteiger partial charge in [-0.05, 0) is 38.5 Å². The summed E-state index contributed by atoms with van der Waals surface area (Å²) < 4.78 is 2.48. The molecule has 0 bridgehead atoms. The molecule has 0 saturated carbocycles. The highest BCUT2D eigenvalue weighted by atomic mass is 15.1. The van der Waals surface area contributed by atoms with Crippen molar-refractivity contribution in [3.8, 4) is 0 Å². The first-order chi connectivity index (χ1) is 7.68. The van der Waals surface area contributed by atoms with E-state index in [-0.39, 0.29) is 0 Å². The molecule has 1 atom stereocenters. The largest absolute Gasteiger partial charge is 0.342 e. The third kappa shape index (κ3) is 1.23. The molecule has 0 fully saturated rings. The van der Waals surface area contributed by atoms with Crippen LogP contribution in [0.3, 0.4) is 0 Å². The lowest BCUT2D eigenvalue weighted by Gasteiger charge is -2.24. The summed E-state index contributed by atoms with van der Waals surface area (Å²) in [7, 11) is 0. The van der Waals surface area contributed by atoms with Crippen molar-refractivity contribution in [3.05, 3.63) is 35.0 Å². The number of nitrogens with zero attached hydrogens (tertiary/aromatic N) is 1. The topological polar surface area (TPSA) is 17.0 Å². The van der Waals surface area contributed by atoms with E-state index < -0.39 is 0 Å². The van der Waals surface area contributed by atoms with Gasteiger partial charge in [-0.2, -0.15) is 0 Å². The minimum Gasteiger partial charge on any atom is -0.342 e. The van der Waals surface area contributed by atoms with Gasteiger partial charge in [-0.3, -0.25) is 0 Å². The van der Waals surface area contributed by atoms with Crippen molar-refractivity contribution in [1.29, 1.82) is 0 Å². The van der Waals surface area contributed by atoms with E-state index in [2.05, 4.69) is 48.9 Å². The molecule has 0 saturated heterocycles. The quantitative estimate of drug-likeness (QED) is 0.713. The molecule has 16 heavy (non-hydrogen) atoms. The van der Waals surface area contributed by atoms with Crippen LogP contribution in [0.25, 0.3) is 10.9 Å². The first-order valence-electron chi connectivity index (χ1n) is 6.01. The number of fused-ring (bicyclic) bond motifs is 3. The highest BCUT2D eigenvalue weighted by Gasteiger charge is 2.21. The Hall–Kier alpha value is -1.28. The van der Waals surface area contributed by atoms with Crippen LogP contribution < -0.4 is 5.32 Å². The van der Waals surface area contributed by atoms with E-state index in [0.717, 1.165) is 13.1 Å². The standard InChI is InChI=1S/C14H18N2/c1-9-4-5-13-12(8-9)10(2)14-11(3)15-6-7-16(13)14/h4-5,8,11,15H,6-7H2,1-3H3. The maximum atomic E-state index is 3.53. The Labute approximate surface area is 96.3 Å². The minimum atomic E-state index is 0.474. The molecule has 0 aliphatic carbocycles. The molecule has 2 aromatic rings. The van der Waals surface area contributed by atoms with Crippen LogP contribution in [0.5, 0.6) is 0 Å². The molecule has 2 heterocycles. The van der Waals surface area contributed by atoms with Crippen molar-refractivity contribution >= 4 is 10.9 Å². The van der Waals surface area contributed by atoms with E-state index in [9.17, 15) is 0 Å². The Balaban J connectivity index is 2.38. The van der Waals surface area contributed by atoms with Crippen molar-refractivity contribution in [3.63, 3.8) is 0 Å². The Morgan fingerprint density at radius 2 is 2.12 bits per heavy atom. The second-order valence-electron chi connectivity index (χ2n) is 4.86. The van der Waals surface area contributed by atoms with Crippen LogP contribution in [0.4, 0.5) is 0 Å². The molecule has 1 aromatic heterocycles. The molecule has 1 aliphatic rings. The molecule has 2 nitrogen and oxygen atoms in total. The predicted molar refractivity (Wildman–Crippen MR) is 67.8 cm³/mol. The van der Waals surface area contributed by atoms with Crippen LogP contribution in [-0.2, 0) is 6.54 Å². The van der Waals surface area contributed by atoms with Crippen molar-refractivity contribution < 1.29 is 0 Å². The lowest BCUT2D eigenvalue weighted by atomic mass is 10.1. The van der Waals surface area contributed by atoms with Crippen molar-refractivity contribution in [2.45, 2.75) is 33.4 Å². The number of hydrogen-bond donors (Lipinski definition) is 1. The van der Waals surface area contributed by atoms with Crippen LogP contribution in [-0.4, -0.2) is 11.1 Å². The highest BCUT2D eigenvalue weighted by molar-refractivity contribution is 5.86. The van der Waals surface area contributed by atoms with Gasteiger partial charge in [-0.25, -0.2) is 0 Å². The average molecular weight is 214 g/mol. The summed E-state index contributed by atoms with van der Waals surface area (Å²) >= 11 is 0. The molecule has 1 aliphatic heterocycles. The van der Waals surface area contributed by atoms with E-state index in [1.807, 2.05) is 0 Å². The van der Waals surface area contributed by atoms with E-state index in [0.29, 0.717) is 6.04 Å². The second-order valence-corrected chi connectivity index (χ2v) is 4.86. The van der Waals surface area contributed by atoms with Gasteiger partial charge in [0.2, 0.25) is 0 Å². The Kier molecular flexibility index (Phi) is 2.08. The fraction of sp³-hybridized carbons (Fsp3) is 0.429. The molecule has 0 amide bonds. The van der Waals surface area contributed by atoms with E-state index in [4.69, 9.17) is 0 Å². The van der Waals surface area contributed by atoms with Crippen LogP contribution in [0, 0.1) is 13.8 Å². The van der Waals surface area contributed by atoms with Crippen molar-refractivity contribution in [2.75, 3.05) is 6.54 Å².